The standard InChI is InChI=1S/C18H25N3O2/c1-4-5-16-15-12-14(19-13(2)22)6-7-17(15)23-18(20-16)8-10-21(3)11-9-18/h5-7,12,20H,4,8-11H2,1-3H3,(H,19,22)/b16-5+. The third-order valence-corrected chi connectivity index (χ3v) is 4.46. The summed E-state index contributed by atoms with van der Waals surface area (Å²) < 4.78 is 6.35. The Labute approximate surface area is 137 Å². The zero-order valence-electron chi connectivity index (χ0n) is 14.1. The molecule has 5 heteroatoms. The molecular weight excluding hydrogens is 290 g/mol. The van der Waals surface area contributed by atoms with Gasteiger partial charge in [-0.25, -0.2) is 0 Å². The molecule has 2 aliphatic heterocycles. The average Bonchev–Trinajstić information content (AvgIpc) is 2.51. The summed E-state index contributed by atoms with van der Waals surface area (Å²) in [6.45, 7) is 5.69. The molecule has 1 aromatic carbocycles. The van der Waals surface area contributed by atoms with E-state index in [-0.39, 0.29) is 11.6 Å². The van der Waals surface area contributed by atoms with Crippen molar-refractivity contribution in [1.82, 2.24) is 10.2 Å². The van der Waals surface area contributed by atoms with Crippen molar-refractivity contribution in [3.05, 3.63) is 29.8 Å². The van der Waals surface area contributed by atoms with Crippen LogP contribution in [0.1, 0.15) is 38.7 Å². The molecule has 23 heavy (non-hydrogen) atoms. The largest absolute Gasteiger partial charge is 0.467 e. The Morgan fingerprint density at radius 3 is 2.83 bits per heavy atom. The van der Waals surface area contributed by atoms with Gasteiger partial charge in [-0.1, -0.05) is 13.0 Å². The van der Waals surface area contributed by atoms with Crippen molar-refractivity contribution in [3.8, 4) is 5.75 Å². The lowest BCUT2D eigenvalue weighted by Gasteiger charge is -2.45. The molecule has 2 aliphatic rings. The van der Waals surface area contributed by atoms with Crippen LogP contribution in [0.15, 0.2) is 24.3 Å². The van der Waals surface area contributed by atoms with E-state index in [4.69, 9.17) is 4.74 Å². The number of anilines is 1. The van der Waals surface area contributed by atoms with Gasteiger partial charge >= 0.3 is 0 Å². The number of allylic oxidation sites excluding steroid dienone is 1. The molecule has 0 atom stereocenters. The minimum absolute atomic E-state index is 0.0672. The van der Waals surface area contributed by atoms with Crippen molar-refractivity contribution in [1.29, 1.82) is 0 Å². The second-order valence-electron chi connectivity index (χ2n) is 6.44. The number of nitrogens with zero attached hydrogens (tertiary/aromatic N) is 1. The number of ether oxygens (including phenoxy) is 1. The van der Waals surface area contributed by atoms with Crippen molar-refractivity contribution in [2.45, 2.75) is 38.8 Å². The lowest BCUT2D eigenvalue weighted by molar-refractivity contribution is -0.114. The van der Waals surface area contributed by atoms with Gasteiger partial charge in [-0.05, 0) is 31.7 Å². The first-order valence-corrected chi connectivity index (χ1v) is 8.29. The molecular formula is C18H25N3O2. The topological polar surface area (TPSA) is 53.6 Å². The van der Waals surface area contributed by atoms with E-state index in [1.807, 2.05) is 18.2 Å². The minimum atomic E-state index is -0.309. The Morgan fingerprint density at radius 2 is 2.17 bits per heavy atom. The maximum atomic E-state index is 11.3. The van der Waals surface area contributed by atoms with E-state index in [0.29, 0.717) is 0 Å². The number of piperidine rings is 1. The Hall–Kier alpha value is -2.01. The molecule has 1 fully saturated rings. The normalized spacial score (nSPS) is 21.4. The SMILES string of the molecule is CC/C=C1/NC2(CCN(C)CC2)Oc2ccc(NC(C)=O)cc21. The second kappa shape index (κ2) is 6.24. The predicted molar refractivity (Wildman–Crippen MR) is 92.2 cm³/mol. The maximum absolute atomic E-state index is 11.3. The maximum Gasteiger partial charge on any atom is 0.221 e. The average molecular weight is 315 g/mol. The molecule has 5 nitrogen and oxygen atoms in total. The van der Waals surface area contributed by atoms with E-state index in [1.54, 1.807) is 0 Å². The summed E-state index contributed by atoms with van der Waals surface area (Å²) in [5, 5.41) is 6.46. The summed E-state index contributed by atoms with van der Waals surface area (Å²) >= 11 is 0. The number of nitrogens with one attached hydrogen (secondary N) is 2. The van der Waals surface area contributed by atoms with Crippen LogP contribution in [0, 0.1) is 0 Å². The summed E-state index contributed by atoms with van der Waals surface area (Å²) in [4.78, 5) is 13.6. The molecule has 2 heterocycles. The highest BCUT2D eigenvalue weighted by molar-refractivity contribution is 5.89. The number of carbonyl (C=O) groups excluding carboxylic acids is 1. The van der Waals surface area contributed by atoms with Gasteiger partial charge in [0.2, 0.25) is 5.91 Å². The van der Waals surface area contributed by atoms with Crippen LogP contribution in [0.2, 0.25) is 0 Å². The lowest BCUT2D eigenvalue weighted by atomic mass is 9.95. The van der Waals surface area contributed by atoms with Crippen LogP contribution in [-0.2, 0) is 4.79 Å². The fourth-order valence-electron chi connectivity index (χ4n) is 3.23. The van der Waals surface area contributed by atoms with Gasteiger partial charge in [0, 0.05) is 49.8 Å². The summed E-state index contributed by atoms with van der Waals surface area (Å²) in [5.41, 5.74) is 2.60. The van der Waals surface area contributed by atoms with Gasteiger partial charge in [-0.15, -0.1) is 0 Å². The highest BCUT2D eigenvalue weighted by Crippen LogP contribution is 2.39. The summed E-state index contributed by atoms with van der Waals surface area (Å²) in [7, 11) is 2.14. The summed E-state index contributed by atoms with van der Waals surface area (Å²) in [6.07, 6.45) is 5.05. The first-order valence-electron chi connectivity index (χ1n) is 8.29. The predicted octanol–water partition coefficient (Wildman–Crippen LogP) is 2.80. The molecule has 0 radical (unpaired) electrons. The fraction of sp³-hybridized carbons (Fsp3) is 0.500. The molecule has 1 saturated heterocycles. The van der Waals surface area contributed by atoms with Crippen LogP contribution < -0.4 is 15.4 Å². The molecule has 2 N–H and O–H groups in total. The Kier molecular flexibility index (Phi) is 4.31. The Bertz CT molecular complexity index is 631. The second-order valence-corrected chi connectivity index (χ2v) is 6.44. The van der Waals surface area contributed by atoms with E-state index in [9.17, 15) is 4.79 Å². The van der Waals surface area contributed by atoms with Crippen LogP contribution in [0.4, 0.5) is 5.69 Å². The fourth-order valence-corrected chi connectivity index (χ4v) is 3.23. The van der Waals surface area contributed by atoms with E-state index in [0.717, 1.165) is 55.0 Å². The number of hydrogen-bond donors (Lipinski definition) is 2. The van der Waals surface area contributed by atoms with Crippen molar-refractivity contribution < 1.29 is 9.53 Å². The summed E-state index contributed by atoms with van der Waals surface area (Å²) in [6, 6.07) is 5.84. The number of fused-ring (bicyclic) bond motifs is 1. The third kappa shape index (κ3) is 3.34. The van der Waals surface area contributed by atoms with Crippen LogP contribution in [0.3, 0.4) is 0 Å². The molecule has 0 bridgehead atoms. The van der Waals surface area contributed by atoms with Crippen LogP contribution in [0.25, 0.3) is 5.70 Å². The Balaban J connectivity index is 1.94. The van der Waals surface area contributed by atoms with Crippen molar-refractivity contribution in [2.24, 2.45) is 0 Å². The van der Waals surface area contributed by atoms with Gasteiger partial charge in [0.1, 0.15) is 5.75 Å². The summed E-state index contributed by atoms with van der Waals surface area (Å²) in [5.74, 6) is 0.824. The number of rotatable bonds is 2. The van der Waals surface area contributed by atoms with E-state index >= 15 is 0 Å². The molecule has 1 spiro atoms. The minimum Gasteiger partial charge on any atom is -0.467 e. The van der Waals surface area contributed by atoms with Crippen molar-refractivity contribution in [3.63, 3.8) is 0 Å². The third-order valence-electron chi connectivity index (χ3n) is 4.46. The Morgan fingerprint density at radius 1 is 1.43 bits per heavy atom. The van der Waals surface area contributed by atoms with Gasteiger partial charge in [0.15, 0.2) is 5.72 Å². The molecule has 1 amide bonds. The van der Waals surface area contributed by atoms with Crippen LogP contribution in [-0.4, -0.2) is 36.7 Å². The van der Waals surface area contributed by atoms with Gasteiger partial charge < -0.3 is 20.3 Å². The van der Waals surface area contributed by atoms with Gasteiger partial charge in [-0.2, -0.15) is 0 Å². The molecule has 1 aromatic rings. The number of benzene rings is 1. The molecule has 0 aliphatic carbocycles. The smallest absolute Gasteiger partial charge is 0.221 e. The number of hydrogen-bond acceptors (Lipinski definition) is 4. The molecule has 0 unspecified atom stereocenters. The molecule has 124 valence electrons. The molecule has 0 saturated carbocycles. The molecule has 3 rings (SSSR count). The van der Waals surface area contributed by atoms with E-state index in [2.05, 4.69) is 35.6 Å². The quantitative estimate of drug-likeness (QED) is 0.881. The van der Waals surface area contributed by atoms with Crippen LogP contribution >= 0.6 is 0 Å². The lowest BCUT2D eigenvalue weighted by Crippen LogP contribution is -2.57. The first kappa shape index (κ1) is 15.9. The van der Waals surface area contributed by atoms with Gasteiger partial charge in [0.05, 0.1) is 0 Å². The number of amides is 1. The van der Waals surface area contributed by atoms with Crippen molar-refractivity contribution >= 4 is 17.3 Å². The van der Waals surface area contributed by atoms with Gasteiger partial charge in [-0.3, -0.25) is 4.79 Å². The zero-order chi connectivity index (χ0) is 16.4. The zero-order valence-corrected chi connectivity index (χ0v) is 14.1. The highest BCUT2D eigenvalue weighted by Gasteiger charge is 2.40. The number of likely N-dealkylation sites (tertiary alicyclic amines) is 1. The van der Waals surface area contributed by atoms with Crippen LogP contribution in [0.5, 0.6) is 5.75 Å². The van der Waals surface area contributed by atoms with Crippen molar-refractivity contribution in [2.75, 3.05) is 25.5 Å². The van der Waals surface area contributed by atoms with E-state index in [1.165, 1.54) is 6.92 Å². The first-order chi connectivity index (χ1) is 11.0. The molecule has 0 aromatic heterocycles. The highest BCUT2D eigenvalue weighted by atomic mass is 16.5. The van der Waals surface area contributed by atoms with E-state index < -0.39 is 0 Å². The number of carbonyl (C=O) groups is 1. The van der Waals surface area contributed by atoms with Gasteiger partial charge in [0.25, 0.3) is 0 Å². The monoisotopic (exact) mass is 315 g/mol.